The van der Waals surface area contributed by atoms with E-state index in [0.29, 0.717) is 23.6 Å². The van der Waals surface area contributed by atoms with Crippen molar-refractivity contribution in [3.63, 3.8) is 0 Å². The summed E-state index contributed by atoms with van der Waals surface area (Å²) in [7, 11) is 1.35. The van der Waals surface area contributed by atoms with E-state index in [9.17, 15) is 9.59 Å². The Hall–Kier alpha value is -2.64. The molecule has 2 aromatic carbocycles. The van der Waals surface area contributed by atoms with Crippen molar-refractivity contribution in [3.8, 4) is 16.9 Å². The van der Waals surface area contributed by atoms with Gasteiger partial charge in [0.05, 0.1) is 13.7 Å². The van der Waals surface area contributed by atoms with Gasteiger partial charge >= 0.3 is 5.97 Å². The fourth-order valence-corrected chi connectivity index (χ4v) is 5.06. The first-order valence-corrected chi connectivity index (χ1v) is 13.3. The zero-order chi connectivity index (χ0) is 25.6. The molecule has 1 aromatic heterocycles. The maximum atomic E-state index is 12.7. The highest BCUT2D eigenvalue weighted by Gasteiger charge is 2.25. The lowest BCUT2D eigenvalue weighted by atomic mass is 9.82. The quantitative estimate of drug-likeness (QED) is 0.204. The molecule has 0 fully saturated rings. The van der Waals surface area contributed by atoms with Crippen molar-refractivity contribution in [1.82, 2.24) is 0 Å². The third-order valence-corrected chi connectivity index (χ3v) is 7.75. The van der Waals surface area contributed by atoms with Crippen molar-refractivity contribution < 1.29 is 19.1 Å². The first-order chi connectivity index (χ1) is 16.7. The molecule has 5 nitrogen and oxygen atoms in total. The van der Waals surface area contributed by atoms with E-state index in [1.54, 1.807) is 0 Å². The van der Waals surface area contributed by atoms with Gasteiger partial charge in [-0.25, -0.2) is 4.79 Å². The fourth-order valence-electron chi connectivity index (χ4n) is 3.71. The average molecular weight is 559 g/mol. The van der Waals surface area contributed by atoms with Crippen molar-refractivity contribution in [2.45, 2.75) is 52.4 Å². The summed E-state index contributed by atoms with van der Waals surface area (Å²) in [4.78, 5) is 26.2. The summed E-state index contributed by atoms with van der Waals surface area (Å²) in [5.74, 6) is 0.157. The minimum Gasteiger partial charge on any atom is -0.494 e. The van der Waals surface area contributed by atoms with E-state index in [2.05, 4.69) is 54.2 Å². The third-order valence-electron chi connectivity index (χ3n) is 6.20. The standard InChI is InChI=1S/C28H32BrNO4S/c1-6-28(3,4)20-11-15-22(16-12-20)34-17-7-8-23(31)30-26-25(27(32)33-5)24(18(2)35-26)19-9-13-21(29)14-10-19/h9-16H,6-8,17H2,1-5H3,(H,30,31). The summed E-state index contributed by atoms with van der Waals surface area (Å²) in [6, 6.07) is 15.9. The minimum atomic E-state index is -0.472. The van der Waals surface area contributed by atoms with Crippen LogP contribution in [-0.2, 0) is 14.9 Å². The number of halogens is 1. The van der Waals surface area contributed by atoms with Crippen molar-refractivity contribution in [3.05, 3.63) is 69.0 Å². The number of thiophene rings is 1. The molecule has 0 bridgehead atoms. The molecule has 1 heterocycles. The van der Waals surface area contributed by atoms with Crippen LogP contribution in [0.1, 0.15) is 60.8 Å². The van der Waals surface area contributed by atoms with Crippen molar-refractivity contribution in [2.24, 2.45) is 0 Å². The minimum absolute atomic E-state index is 0.136. The highest BCUT2D eigenvalue weighted by molar-refractivity contribution is 9.10. The predicted octanol–water partition coefficient (Wildman–Crippen LogP) is 7.76. The van der Waals surface area contributed by atoms with Crippen LogP contribution in [-0.4, -0.2) is 25.6 Å². The van der Waals surface area contributed by atoms with Crippen LogP contribution in [0, 0.1) is 6.92 Å². The Bertz CT molecular complexity index is 1170. The molecule has 3 rings (SSSR count). The van der Waals surface area contributed by atoms with Gasteiger partial charge in [0.2, 0.25) is 5.91 Å². The number of nitrogens with one attached hydrogen (secondary N) is 1. The Labute approximate surface area is 220 Å². The lowest BCUT2D eigenvalue weighted by molar-refractivity contribution is -0.116. The van der Waals surface area contributed by atoms with Crippen molar-refractivity contribution in [1.29, 1.82) is 0 Å². The molecule has 35 heavy (non-hydrogen) atoms. The summed E-state index contributed by atoms with van der Waals surface area (Å²) in [5.41, 5.74) is 3.48. The molecule has 7 heteroatoms. The molecule has 0 atom stereocenters. The second kappa shape index (κ2) is 11.9. The van der Waals surface area contributed by atoms with Gasteiger partial charge in [0.15, 0.2) is 0 Å². The molecular formula is C28H32BrNO4S. The van der Waals surface area contributed by atoms with Gasteiger partial charge in [0, 0.05) is 21.3 Å². The van der Waals surface area contributed by atoms with E-state index in [0.717, 1.165) is 32.6 Å². The number of carbonyl (C=O) groups is 2. The van der Waals surface area contributed by atoms with Gasteiger partial charge in [0.1, 0.15) is 16.3 Å². The fraction of sp³-hybridized carbons (Fsp3) is 0.357. The summed E-state index contributed by atoms with van der Waals surface area (Å²) in [6.07, 6.45) is 1.91. The molecular weight excluding hydrogens is 526 g/mol. The molecule has 1 N–H and O–H groups in total. The molecule has 0 spiro atoms. The Kier molecular flexibility index (Phi) is 9.14. The number of aryl methyl sites for hydroxylation is 1. The zero-order valence-electron chi connectivity index (χ0n) is 20.9. The van der Waals surface area contributed by atoms with Crippen LogP contribution < -0.4 is 10.1 Å². The van der Waals surface area contributed by atoms with Gasteiger partial charge in [-0.2, -0.15) is 0 Å². The maximum Gasteiger partial charge on any atom is 0.341 e. The largest absolute Gasteiger partial charge is 0.494 e. The first kappa shape index (κ1) is 27.0. The Morgan fingerprint density at radius 2 is 1.71 bits per heavy atom. The smallest absolute Gasteiger partial charge is 0.341 e. The van der Waals surface area contributed by atoms with E-state index in [1.807, 2.05) is 43.3 Å². The molecule has 3 aromatic rings. The number of benzene rings is 2. The molecule has 1 amide bonds. The second-order valence-corrected chi connectivity index (χ2v) is 11.1. The Balaban J connectivity index is 1.61. The van der Waals surface area contributed by atoms with Crippen molar-refractivity contribution >= 4 is 44.1 Å². The lowest BCUT2D eigenvalue weighted by Gasteiger charge is -2.23. The molecule has 0 aliphatic rings. The number of carbonyl (C=O) groups excluding carboxylic acids is 2. The summed E-state index contributed by atoms with van der Waals surface area (Å²) in [6.45, 7) is 9.00. The van der Waals surface area contributed by atoms with E-state index in [4.69, 9.17) is 9.47 Å². The molecule has 0 saturated carbocycles. The van der Waals surface area contributed by atoms with E-state index >= 15 is 0 Å². The van der Waals surface area contributed by atoms with Gasteiger partial charge in [-0.3, -0.25) is 4.79 Å². The predicted molar refractivity (Wildman–Crippen MR) is 147 cm³/mol. The lowest BCUT2D eigenvalue weighted by Crippen LogP contribution is -2.15. The van der Waals surface area contributed by atoms with Crippen molar-refractivity contribution in [2.75, 3.05) is 19.0 Å². The molecule has 0 unspecified atom stereocenters. The molecule has 186 valence electrons. The maximum absolute atomic E-state index is 12.7. The van der Waals surface area contributed by atoms with Gasteiger partial charge in [-0.05, 0) is 60.6 Å². The third kappa shape index (κ3) is 6.73. The number of methoxy groups -OCH3 is 1. The average Bonchev–Trinajstić information content (AvgIpc) is 3.17. The second-order valence-electron chi connectivity index (χ2n) is 9.00. The number of rotatable bonds is 10. The monoisotopic (exact) mass is 557 g/mol. The van der Waals surface area contributed by atoms with E-state index < -0.39 is 5.97 Å². The summed E-state index contributed by atoms with van der Waals surface area (Å²) < 4.78 is 11.8. The number of ether oxygens (including phenoxy) is 2. The van der Waals surface area contributed by atoms with Crippen LogP contribution in [0.25, 0.3) is 11.1 Å². The number of hydrogen-bond acceptors (Lipinski definition) is 5. The first-order valence-electron chi connectivity index (χ1n) is 11.7. The molecule has 0 radical (unpaired) electrons. The summed E-state index contributed by atoms with van der Waals surface area (Å²) >= 11 is 4.82. The molecule has 0 saturated heterocycles. The van der Waals surface area contributed by atoms with E-state index in [1.165, 1.54) is 24.0 Å². The summed E-state index contributed by atoms with van der Waals surface area (Å²) in [5, 5.41) is 3.42. The van der Waals surface area contributed by atoms with Crippen LogP contribution in [0.5, 0.6) is 5.75 Å². The van der Waals surface area contributed by atoms with Gasteiger partial charge < -0.3 is 14.8 Å². The topological polar surface area (TPSA) is 64.6 Å². The van der Waals surface area contributed by atoms with Gasteiger partial charge in [-0.15, -0.1) is 11.3 Å². The number of amides is 1. The number of anilines is 1. The normalized spacial score (nSPS) is 11.3. The SMILES string of the molecule is CCC(C)(C)c1ccc(OCCCC(=O)Nc2sc(C)c(-c3ccc(Br)cc3)c2C(=O)OC)cc1. The highest BCUT2D eigenvalue weighted by Crippen LogP contribution is 2.40. The Morgan fingerprint density at radius 3 is 2.31 bits per heavy atom. The Morgan fingerprint density at radius 1 is 1.06 bits per heavy atom. The van der Waals surface area contributed by atoms with Crippen LogP contribution in [0.4, 0.5) is 5.00 Å². The van der Waals surface area contributed by atoms with Crippen LogP contribution >= 0.6 is 27.3 Å². The van der Waals surface area contributed by atoms with Crippen LogP contribution in [0.2, 0.25) is 0 Å². The molecule has 0 aliphatic heterocycles. The molecule has 0 aliphatic carbocycles. The van der Waals surface area contributed by atoms with E-state index in [-0.39, 0.29) is 17.7 Å². The zero-order valence-corrected chi connectivity index (χ0v) is 23.3. The van der Waals surface area contributed by atoms with Crippen LogP contribution in [0.3, 0.4) is 0 Å². The van der Waals surface area contributed by atoms with Gasteiger partial charge in [0.25, 0.3) is 0 Å². The highest BCUT2D eigenvalue weighted by atomic mass is 79.9. The number of hydrogen-bond donors (Lipinski definition) is 1. The van der Waals surface area contributed by atoms with Gasteiger partial charge in [-0.1, -0.05) is 61.0 Å². The number of esters is 1. The van der Waals surface area contributed by atoms with Crippen LogP contribution in [0.15, 0.2) is 53.0 Å².